The number of aryl methyl sites for hydroxylation is 2. The number of anilines is 1. The van der Waals surface area contributed by atoms with Crippen LogP contribution in [0.3, 0.4) is 0 Å². The van der Waals surface area contributed by atoms with Gasteiger partial charge in [-0.3, -0.25) is 4.79 Å². The van der Waals surface area contributed by atoms with Crippen LogP contribution in [0.1, 0.15) is 23.6 Å². The number of para-hydroxylation sites is 1. The Bertz CT molecular complexity index is 635. The van der Waals surface area contributed by atoms with Crippen molar-refractivity contribution in [2.45, 2.75) is 27.2 Å². The van der Waals surface area contributed by atoms with E-state index in [0.29, 0.717) is 0 Å². The summed E-state index contributed by atoms with van der Waals surface area (Å²) in [7, 11) is 0. The zero-order chi connectivity index (χ0) is 15.2. The summed E-state index contributed by atoms with van der Waals surface area (Å²) in [6.07, 6.45) is 0.883. The van der Waals surface area contributed by atoms with Crippen LogP contribution in [0.2, 0.25) is 0 Å². The second-order valence-electron chi connectivity index (χ2n) is 5.05. The predicted octanol–water partition coefficient (Wildman–Crippen LogP) is 3.88. The quantitative estimate of drug-likeness (QED) is 0.904. The van der Waals surface area contributed by atoms with Gasteiger partial charge in [0.05, 0.1) is 0 Å². The van der Waals surface area contributed by atoms with Crippen molar-refractivity contribution in [3.63, 3.8) is 0 Å². The molecule has 0 unspecified atom stereocenters. The van der Waals surface area contributed by atoms with E-state index in [9.17, 15) is 4.79 Å². The van der Waals surface area contributed by atoms with Crippen molar-refractivity contribution < 1.29 is 9.53 Å². The molecule has 0 aliphatic rings. The second-order valence-corrected chi connectivity index (χ2v) is 5.05. The van der Waals surface area contributed by atoms with Gasteiger partial charge in [0, 0.05) is 5.69 Å². The molecule has 0 spiro atoms. The van der Waals surface area contributed by atoms with E-state index in [0.717, 1.165) is 34.5 Å². The van der Waals surface area contributed by atoms with Gasteiger partial charge in [-0.05, 0) is 49.1 Å². The minimum absolute atomic E-state index is 0.0162. The molecule has 3 heteroatoms. The van der Waals surface area contributed by atoms with E-state index in [1.807, 2.05) is 56.3 Å². The summed E-state index contributed by atoms with van der Waals surface area (Å²) in [5.41, 5.74) is 4.20. The molecule has 0 saturated carbocycles. The lowest BCUT2D eigenvalue weighted by atomic mass is 10.1. The number of hydrogen-bond acceptors (Lipinski definition) is 2. The Hall–Kier alpha value is -2.29. The first-order chi connectivity index (χ1) is 10.1. The number of hydrogen-bond donors (Lipinski definition) is 1. The van der Waals surface area contributed by atoms with Crippen molar-refractivity contribution in [2.75, 3.05) is 11.9 Å². The van der Waals surface area contributed by atoms with Gasteiger partial charge < -0.3 is 10.1 Å². The van der Waals surface area contributed by atoms with E-state index < -0.39 is 0 Å². The van der Waals surface area contributed by atoms with Gasteiger partial charge in [-0.1, -0.05) is 37.3 Å². The Labute approximate surface area is 126 Å². The molecular weight excluding hydrogens is 262 g/mol. The first-order valence-corrected chi connectivity index (χ1v) is 7.18. The van der Waals surface area contributed by atoms with Crippen LogP contribution in [-0.4, -0.2) is 12.5 Å². The highest BCUT2D eigenvalue weighted by atomic mass is 16.5. The first-order valence-electron chi connectivity index (χ1n) is 7.18. The Morgan fingerprint density at radius 3 is 2.62 bits per heavy atom. The van der Waals surface area contributed by atoms with E-state index in [1.165, 1.54) is 0 Å². The Morgan fingerprint density at radius 2 is 1.86 bits per heavy atom. The van der Waals surface area contributed by atoms with Crippen molar-refractivity contribution in [3.05, 3.63) is 59.2 Å². The zero-order valence-corrected chi connectivity index (χ0v) is 12.8. The van der Waals surface area contributed by atoms with Gasteiger partial charge >= 0.3 is 0 Å². The fourth-order valence-electron chi connectivity index (χ4n) is 2.16. The summed E-state index contributed by atoms with van der Waals surface area (Å²) in [5.74, 6) is 0.616. The lowest BCUT2D eigenvalue weighted by Gasteiger charge is -2.12. The van der Waals surface area contributed by atoms with E-state index >= 15 is 0 Å². The molecular formula is C18H21NO2. The summed E-state index contributed by atoms with van der Waals surface area (Å²) < 4.78 is 5.61. The molecule has 3 nitrogen and oxygen atoms in total. The molecule has 0 aliphatic carbocycles. The molecule has 2 aromatic rings. The van der Waals surface area contributed by atoms with E-state index in [2.05, 4.69) is 12.2 Å². The van der Waals surface area contributed by atoms with Crippen LogP contribution in [0, 0.1) is 13.8 Å². The molecule has 21 heavy (non-hydrogen) atoms. The summed E-state index contributed by atoms with van der Waals surface area (Å²) in [4.78, 5) is 12.0. The number of ether oxygens (including phenoxy) is 1. The Morgan fingerprint density at radius 1 is 1.10 bits per heavy atom. The maximum absolute atomic E-state index is 12.0. The van der Waals surface area contributed by atoms with Gasteiger partial charge in [-0.2, -0.15) is 0 Å². The third kappa shape index (κ3) is 3.85. The van der Waals surface area contributed by atoms with Gasteiger partial charge in [0.2, 0.25) is 0 Å². The van der Waals surface area contributed by atoms with Crippen molar-refractivity contribution >= 4 is 11.6 Å². The summed E-state index contributed by atoms with van der Waals surface area (Å²) >= 11 is 0. The molecule has 0 bridgehead atoms. The van der Waals surface area contributed by atoms with Crippen molar-refractivity contribution in [1.82, 2.24) is 0 Å². The molecule has 1 amide bonds. The number of benzene rings is 2. The predicted molar refractivity (Wildman–Crippen MR) is 85.9 cm³/mol. The SMILES string of the molecule is CCc1ccccc1NC(=O)COc1cccc(C)c1C. The Balaban J connectivity index is 1.98. The normalized spacial score (nSPS) is 10.2. The second kappa shape index (κ2) is 6.93. The minimum atomic E-state index is -0.142. The molecule has 0 radical (unpaired) electrons. The smallest absolute Gasteiger partial charge is 0.262 e. The number of carbonyl (C=O) groups excluding carboxylic acids is 1. The lowest BCUT2D eigenvalue weighted by Crippen LogP contribution is -2.21. The zero-order valence-electron chi connectivity index (χ0n) is 12.8. The summed E-state index contributed by atoms with van der Waals surface area (Å²) in [6, 6.07) is 13.7. The molecule has 2 aromatic carbocycles. The highest BCUT2D eigenvalue weighted by Gasteiger charge is 2.08. The molecule has 2 rings (SSSR count). The van der Waals surface area contributed by atoms with E-state index in [4.69, 9.17) is 4.74 Å². The third-order valence-electron chi connectivity index (χ3n) is 3.59. The van der Waals surface area contributed by atoms with Gasteiger partial charge in [-0.25, -0.2) is 0 Å². The van der Waals surface area contributed by atoms with Crippen LogP contribution in [0.25, 0.3) is 0 Å². The molecule has 1 N–H and O–H groups in total. The molecule has 0 atom stereocenters. The number of carbonyl (C=O) groups is 1. The van der Waals surface area contributed by atoms with Crippen LogP contribution >= 0.6 is 0 Å². The van der Waals surface area contributed by atoms with Crippen LogP contribution < -0.4 is 10.1 Å². The molecule has 0 heterocycles. The number of rotatable bonds is 5. The fourth-order valence-corrected chi connectivity index (χ4v) is 2.16. The third-order valence-corrected chi connectivity index (χ3v) is 3.59. The topological polar surface area (TPSA) is 38.3 Å². The molecule has 0 aromatic heterocycles. The highest BCUT2D eigenvalue weighted by Crippen LogP contribution is 2.20. The van der Waals surface area contributed by atoms with E-state index in [-0.39, 0.29) is 12.5 Å². The highest BCUT2D eigenvalue weighted by molar-refractivity contribution is 5.92. The minimum Gasteiger partial charge on any atom is -0.483 e. The maximum atomic E-state index is 12.0. The van der Waals surface area contributed by atoms with Crippen molar-refractivity contribution in [2.24, 2.45) is 0 Å². The molecule has 0 aliphatic heterocycles. The van der Waals surface area contributed by atoms with Crippen LogP contribution in [-0.2, 0) is 11.2 Å². The van der Waals surface area contributed by atoms with Gasteiger partial charge in [-0.15, -0.1) is 0 Å². The van der Waals surface area contributed by atoms with Crippen LogP contribution in [0.4, 0.5) is 5.69 Å². The van der Waals surface area contributed by atoms with Gasteiger partial charge in [0.1, 0.15) is 5.75 Å². The lowest BCUT2D eigenvalue weighted by molar-refractivity contribution is -0.118. The van der Waals surface area contributed by atoms with Gasteiger partial charge in [0.15, 0.2) is 6.61 Å². The largest absolute Gasteiger partial charge is 0.483 e. The summed E-state index contributed by atoms with van der Waals surface area (Å²) in [5, 5.41) is 2.90. The molecule has 110 valence electrons. The number of nitrogens with one attached hydrogen (secondary N) is 1. The number of amides is 1. The monoisotopic (exact) mass is 283 g/mol. The van der Waals surface area contributed by atoms with Crippen molar-refractivity contribution in [3.8, 4) is 5.75 Å². The standard InChI is InChI=1S/C18H21NO2/c1-4-15-9-5-6-10-16(15)19-18(20)12-21-17-11-7-8-13(2)14(17)3/h5-11H,4,12H2,1-3H3,(H,19,20). The van der Waals surface area contributed by atoms with Crippen LogP contribution in [0.15, 0.2) is 42.5 Å². The van der Waals surface area contributed by atoms with Crippen molar-refractivity contribution in [1.29, 1.82) is 0 Å². The maximum Gasteiger partial charge on any atom is 0.262 e. The Kier molecular flexibility index (Phi) is 4.99. The van der Waals surface area contributed by atoms with Crippen LogP contribution in [0.5, 0.6) is 5.75 Å². The van der Waals surface area contributed by atoms with E-state index in [1.54, 1.807) is 0 Å². The molecule has 0 saturated heterocycles. The average molecular weight is 283 g/mol. The average Bonchev–Trinajstić information content (AvgIpc) is 2.49. The first kappa shape index (κ1) is 15.1. The fraction of sp³-hybridized carbons (Fsp3) is 0.278. The summed E-state index contributed by atoms with van der Waals surface area (Å²) in [6.45, 7) is 6.11. The van der Waals surface area contributed by atoms with Gasteiger partial charge in [0.25, 0.3) is 5.91 Å². The molecule has 0 fully saturated rings.